The molecule has 6 heteroatoms. The Kier molecular flexibility index (Phi) is 3.55. The van der Waals surface area contributed by atoms with Gasteiger partial charge in [0, 0.05) is 17.2 Å². The van der Waals surface area contributed by atoms with Gasteiger partial charge in [0.2, 0.25) is 0 Å². The van der Waals surface area contributed by atoms with Crippen LogP contribution in [0.5, 0.6) is 0 Å². The first kappa shape index (κ1) is 13.9. The van der Waals surface area contributed by atoms with Gasteiger partial charge < -0.3 is 10.6 Å². The van der Waals surface area contributed by atoms with E-state index in [2.05, 4.69) is 0 Å². The molecule has 0 radical (unpaired) electrons. The second kappa shape index (κ2) is 5.37. The van der Waals surface area contributed by atoms with Crippen LogP contribution in [0, 0.1) is 11.6 Å². The molecule has 2 aromatic rings. The van der Waals surface area contributed by atoms with Crippen LogP contribution in [0.4, 0.5) is 20.2 Å². The third-order valence-corrected chi connectivity index (χ3v) is 4.31. The Morgan fingerprint density at radius 3 is 2.81 bits per heavy atom. The smallest absolute Gasteiger partial charge is 0.261 e. The molecular formula is C15H12F2N2OS. The van der Waals surface area contributed by atoms with Crippen molar-refractivity contribution in [3.63, 3.8) is 0 Å². The summed E-state index contributed by atoms with van der Waals surface area (Å²) in [5.41, 5.74) is 5.40. The molecule has 2 N–H and O–H groups in total. The topological polar surface area (TPSA) is 46.3 Å². The van der Waals surface area contributed by atoms with Gasteiger partial charge in [0.25, 0.3) is 5.91 Å². The molecule has 0 unspecified atom stereocenters. The molecule has 0 bridgehead atoms. The maximum atomic E-state index is 14.0. The third kappa shape index (κ3) is 2.47. The van der Waals surface area contributed by atoms with Gasteiger partial charge in [0.1, 0.15) is 5.82 Å². The number of carbonyl (C=O) groups is 1. The number of nitrogens with two attached hydrogens (primary N) is 1. The number of halogens is 2. The Morgan fingerprint density at radius 2 is 2.00 bits per heavy atom. The molecule has 0 spiro atoms. The van der Waals surface area contributed by atoms with Gasteiger partial charge in [-0.2, -0.15) is 0 Å². The SMILES string of the molecule is Nc1cc(F)cc(C(=O)N2CCSc3ccccc32)c1F. The second-order valence-corrected chi connectivity index (χ2v) is 5.77. The molecule has 2 aromatic carbocycles. The van der Waals surface area contributed by atoms with E-state index in [-0.39, 0.29) is 11.3 Å². The number of thioether (sulfide) groups is 1. The quantitative estimate of drug-likeness (QED) is 0.822. The molecule has 1 heterocycles. The number of para-hydroxylation sites is 1. The minimum atomic E-state index is -0.878. The summed E-state index contributed by atoms with van der Waals surface area (Å²) in [6.45, 7) is 0.441. The highest BCUT2D eigenvalue weighted by atomic mass is 32.2. The van der Waals surface area contributed by atoms with Crippen LogP contribution in [0.15, 0.2) is 41.3 Å². The van der Waals surface area contributed by atoms with Crippen LogP contribution in [-0.2, 0) is 0 Å². The molecule has 21 heavy (non-hydrogen) atoms. The predicted octanol–water partition coefficient (Wildman–Crippen LogP) is 3.30. The molecule has 0 aliphatic carbocycles. The Hall–Kier alpha value is -2.08. The molecule has 1 aliphatic rings. The highest BCUT2D eigenvalue weighted by Gasteiger charge is 2.26. The molecule has 3 rings (SSSR count). The molecule has 1 aliphatic heterocycles. The zero-order valence-corrected chi connectivity index (χ0v) is 11.8. The molecule has 0 atom stereocenters. The van der Waals surface area contributed by atoms with Crippen molar-refractivity contribution in [2.45, 2.75) is 4.90 Å². The molecule has 0 saturated carbocycles. The van der Waals surface area contributed by atoms with Gasteiger partial charge in [-0.15, -0.1) is 11.8 Å². The number of nitrogens with zero attached hydrogens (tertiary/aromatic N) is 1. The van der Waals surface area contributed by atoms with Crippen LogP contribution in [0.1, 0.15) is 10.4 Å². The minimum absolute atomic E-state index is 0.339. The summed E-state index contributed by atoms with van der Waals surface area (Å²) in [7, 11) is 0. The lowest BCUT2D eigenvalue weighted by molar-refractivity contribution is 0.0983. The predicted molar refractivity (Wildman–Crippen MR) is 79.6 cm³/mol. The Balaban J connectivity index is 2.05. The van der Waals surface area contributed by atoms with Gasteiger partial charge in [-0.1, -0.05) is 12.1 Å². The maximum Gasteiger partial charge on any atom is 0.261 e. The zero-order chi connectivity index (χ0) is 15.0. The van der Waals surface area contributed by atoms with E-state index >= 15 is 0 Å². The molecule has 0 fully saturated rings. The first-order valence-corrected chi connectivity index (χ1v) is 7.34. The second-order valence-electron chi connectivity index (χ2n) is 4.63. The van der Waals surface area contributed by atoms with E-state index in [1.807, 2.05) is 12.1 Å². The number of benzene rings is 2. The van der Waals surface area contributed by atoms with Gasteiger partial charge in [0.15, 0.2) is 5.82 Å². The van der Waals surface area contributed by atoms with Crippen molar-refractivity contribution in [2.24, 2.45) is 0 Å². The van der Waals surface area contributed by atoms with Crippen molar-refractivity contribution in [1.82, 2.24) is 0 Å². The van der Waals surface area contributed by atoms with Crippen molar-refractivity contribution in [3.8, 4) is 0 Å². The van der Waals surface area contributed by atoms with Gasteiger partial charge >= 0.3 is 0 Å². The van der Waals surface area contributed by atoms with E-state index in [0.717, 1.165) is 17.0 Å². The fourth-order valence-electron chi connectivity index (χ4n) is 2.29. The van der Waals surface area contributed by atoms with Crippen LogP contribution in [0.25, 0.3) is 0 Å². The lowest BCUT2D eigenvalue weighted by Crippen LogP contribution is -2.36. The number of hydrogen-bond acceptors (Lipinski definition) is 3. The Labute approximate surface area is 124 Å². The Bertz CT molecular complexity index is 721. The fourth-order valence-corrected chi connectivity index (χ4v) is 3.29. The highest BCUT2D eigenvalue weighted by molar-refractivity contribution is 7.99. The van der Waals surface area contributed by atoms with E-state index in [4.69, 9.17) is 5.73 Å². The molecule has 1 amide bonds. The van der Waals surface area contributed by atoms with Crippen molar-refractivity contribution in [2.75, 3.05) is 22.9 Å². The molecule has 3 nitrogen and oxygen atoms in total. The maximum absolute atomic E-state index is 14.0. The van der Waals surface area contributed by atoms with Gasteiger partial charge in [-0.25, -0.2) is 8.78 Å². The first-order valence-electron chi connectivity index (χ1n) is 6.36. The summed E-state index contributed by atoms with van der Waals surface area (Å²) in [5.74, 6) is -1.48. The number of nitrogen functional groups attached to an aromatic ring is 1. The fraction of sp³-hybridized carbons (Fsp3) is 0.133. The zero-order valence-electron chi connectivity index (χ0n) is 11.0. The molecule has 0 aromatic heterocycles. The van der Waals surface area contributed by atoms with Crippen molar-refractivity contribution in [1.29, 1.82) is 0 Å². The lowest BCUT2D eigenvalue weighted by Gasteiger charge is -2.29. The third-order valence-electron chi connectivity index (χ3n) is 3.27. The van der Waals surface area contributed by atoms with Crippen LogP contribution < -0.4 is 10.6 Å². The number of anilines is 2. The standard InChI is InChI=1S/C15H12F2N2OS/c16-9-7-10(14(17)11(18)8-9)15(20)19-5-6-21-13-4-2-1-3-12(13)19/h1-4,7-8H,5-6,18H2. The van der Waals surface area contributed by atoms with Crippen LogP contribution >= 0.6 is 11.8 Å². The van der Waals surface area contributed by atoms with Crippen LogP contribution in [0.3, 0.4) is 0 Å². The largest absolute Gasteiger partial charge is 0.396 e. The van der Waals surface area contributed by atoms with Crippen molar-refractivity contribution >= 4 is 29.0 Å². The van der Waals surface area contributed by atoms with E-state index in [1.165, 1.54) is 4.90 Å². The van der Waals surface area contributed by atoms with Gasteiger partial charge in [0.05, 0.1) is 16.9 Å². The van der Waals surface area contributed by atoms with E-state index < -0.39 is 17.5 Å². The molecular weight excluding hydrogens is 294 g/mol. The van der Waals surface area contributed by atoms with Crippen LogP contribution in [0.2, 0.25) is 0 Å². The normalized spacial score (nSPS) is 13.9. The first-order chi connectivity index (χ1) is 10.1. The lowest BCUT2D eigenvalue weighted by atomic mass is 10.1. The summed E-state index contributed by atoms with van der Waals surface area (Å²) in [4.78, 5) is 14.9. The number of hydrogen-bond donors (Lipinski definition) is 1. The number of fused-ring (bicyclic) bond motifs is 1. The summed E-state index contributed by atoms with van der Waals surface area (Å²) in [5, 5.41) is 0. The van der Waals surface area contributed by atoms with Gasteiger partial charge in [-0.3, -0.25) is 4.79 Å². The number of amides is 1. The summed E-state index contributed by atoms with van der Waals surface area (Å²) in [6, 6.07) is 9.13. The molecule has 108 valence electrons. The van der Waals surface area contributed by atoms with Crippen molar-refractivity contribution in [3.05, 3.63) is 53.6 Å². The summed E-state index contributed by atoms with van der Waals surface area (Å²) in [6.07, 6.45) is 0. The summed E-state index contributed by atoms with van der Waals surface area (Å²) < 4.78 is 27.4. The average Bonchev–Trinajstić information content (AvgIpc) is 2.49. The van der Waals surface area contributed by atoms with E-state index in [9.17, 15) is 13.6 Å². The van der Waals surface area contributed by atoms with Crippen LogP contribution in [-0.4, -0.2) is 18.2 Å². The monoisotopic (exact) mass is 306 g/mol. The molecule has 0 saturated heterocycles. The highest BCUT2D eigenvalue weighted by Crippen LogP contribution is 2.35. The van der Waals surface area contributed by atoms with Gasteiger partial charge in [-0.05, 0) is 24.3 Å². The van der Waals surface area contributed by atoms with E-state index in [0.29, 0.717) is 18.0 Å². The van der Waals surface area contributed by atoms with E-state index in [1.54, 1.807) is 23.9 Å². The number of rotatable bonds is 1. The minimum Gasteiger partial charge on any atom is -0.396 e. The van der Waals surface area contributed by atoms with Crippen molar-refractivity contribution < 1.29 is 13.6 Å². The average molecular weight is 306 g/mol. The Morgan fingerprint density at radius 1 is 1.24 bits per heavy atom. The summed E-state index contributed by atoms with van der Waals surface area (Å²) >= 11 is 1.63. The number of carbonyl (C=O) groups excluding carboxylic acids is 1.